The molecule has 5 rings (SSSR count). The van der Waals surface area contributed by atoms with Crippen molar-refractivity contribution in [2.75, 3.05) is 59.8 Å². The number of furan rings is 1. The Morgan fingerprint density at radius 1 is 0.931 bits per heavy atom. The molecule has 2 aliphatic heterocycles. The Morgan fingerprint density at radius 2 is 1.66 bits per heavy atom. The van der Waals surface area contributed by atoms with Crippen molar-refractivity contribution in [1.82, 2.24) is 9.88 Å². The van der Waals surface area contributed by atoms with Gasteiger partial charge in [0, 0.05) is 31.6 Å². The zero-order valence-electron chi connectivity index (χ0n) is 16.2. The van der Waals surface area contributed by atoms with E-state index in [1.54, 1.807) is 12.3 Å². The topological polar surface area (TPSA) is 73.1 Å². The Hall–Kier alpha value is -2.78. The summed E-state index contributed by atoms with van der Waals surface area (Å²) in [7, 11) is -1.60. The van der Waals surface area contributed by atoms with E-state index in [-0.39, 0.29) is 0 Å². The predicted octanol–water partition coefficient (Wildman–Crippen LogP) is 2.15. The smallest absolute Gasteiger partial charge is 0.327 e. The van der Waals surface area contributed by atoms with Crippen LogP contribution in [-0.2, 0) is 10.2 Å². The van der Waals surface area contributed by atoms with Crippen LogP contribution in [0.15, 0.2) is 53.1 Å². The summed E-state index contributed by atoms with van der Waals surface area (Å²) in [5.74, 6) is 1.15. The molecular formula is C20H23N5O3S. The molecule has 0 N–H and O–H groups in total. The average molecular weight is 414 g/mol. The summed E-state index contributed by atoms with van der Waals surface area (Å²) in [4.78, 5) is 9.20. The predicted molar refractivity (Wildman–Crippen MR) is 114 cm³/mol. The first-order chi connectivity index (χ1) is 14.0. The molecule has 0 radical (unpaired) electrons. The number of fused-ring (bicyclic) bond motifs is 1. The number of hydrogen-bond acceptors (Lipinski definition) is 6. The summed E-state index contributed by atoms with van der Waals surface area (Å²) in [5.41, 5.74) is 1.37. The van der Waals surface area contributed by atoms with Gasteiger partial charge in [-0.25, -0.2) is 9.29 Å². The number of para-hydroxylation sites is 1. The highest BCUT2D eigenvalue weighted by molar-refractivity contribution is 7.94. The zero-order chi connectivity index (χ0) is 20.0. The van der Waals surface area contributed by atoms with Gasteiger partial charge >= 0.3 is 10.2 Å². The number of pyridine rings is 1. The van der Waals surface area contributed by atoms with E-state index >= 15 is 0 Å². The van der Waals surface area contributed by atoms with E-state index in [0.29, 0.717) is 36.0 Å². The Morgan fingerprint density at radius 3 is 2.41 bits per heavy atom. The lowest BCUT2D eigenvalue weighted by Crippen LogP contribution is -2.45. The molecule has 0 aliphatic carbocycles. The summed E-state index contributed by atoms with van der Waals surface area (Å²) in [6, 6.07) is 12.8. The molecule has 0 saturated carbocycles. The molecule has 0 spiro atoms. The van der Waals surface area contributed by atoms with Crippen molar-refractivity contribution in [3.63, 3.8) is 0 Å². The van der Waals surface area contributed by atoms with Crippen molar-refractivity contribution in [3.8, 4) is 0 Å². The van der Waals surface area contributed by atoms with E-state index in [4.69, 9.17) is 9.40 Å². The first-order valence-corrected chi connectivity index (χ1v) is 11.1. The minimum Gasteiger partial charge on any atom is -0.460 e. The lowest BCUT2D eigenvalue weighted by Gasteiger charge is -2.33. The SMILES string of the molecule is CN1CCN(c2nc(N3CCN(c4ccccc4)S3(=O)=O)cc3ccoc23)CC1. The van der Waals surface area contributed by atoms with Gasteiger partial charge in [-0.3, -0.25) is 4.31 Å². The molecule has 2 aromatic heterocycles. The van der Waals surface area contributed by atoms with Crippen LogP contribution in [-0.4, -0.2) is 64.6 Å². The highest BCUT2D eigenvalue weighted by Gasteiger charge is 2.38. The lowest BCUT2D eigenvalue weighted by molar-refractivity contribution is 0.312. The molecule has 29 heavy (non-hydrogen) atoms. The van der Waals surface area contributed by atoms with E-state index in [2.05, 4.69) is 16.8 Å². The molecule has 4 heterocycles. The Bertz CT molecular complexity index is 1120. The maximum atomic E-state index is 13.3. The van der Waals surface area contributed by atoms with E-state index in [1.165, 1.54) is 8.61 Å². The number of piperazine rings is 1. The van der Waals surface area contributed by atoms with Crippen LogP contribution < -0.4 is 13.5 Å². The molecule has 0 atom stereocenters. The largest absolute Gasteiger partial charge is 0.460 e. The number of benzene rings is 1. The highest BCUT2D eigenvalue weighted by Crippen LogP contribution is 2.34. The molecule has 152 valence electrons. The van der Waals surface area contributed by atoms with Crippen LogP contribution in [0, 0.1) is 0 Å². The van der Waals surface area contributed by atoms with Crippen molar-refractivity contribution in [2.24, 2.45) is 0 Å². The van der Waals surface area contributed by atoms with Crippen LogP contribution in [0.1, 0.15) is 0 Å². The van der Waals surface area contributed by atoms with Gasteiger partial charge < -0.3 is 14.2 Å². The summed E-state index contributed by atoms with van der Waals surface area (Å²) in [6.45, 7) is 4.25. The Balaban J connectivity index is 1.54. The van der Waals surface area contributed by atoms with Gasteiger partial charge in [-0.1, -0.05) is 18.2 Å². The molecule has 1 aromatic carbocycles. The number of nitrogens with zero attached hydrogens (tertiary/aromatic N) is 5. The second kappa shape index (κ2) is 6.93. The van der Waals surface area contributed by atoms with E-state index in [0.717, 1.165) is 31.6 Å². The quantitative estimate of drug-likeness (QED) is 0.655. The number of hydrogen-bond donors (Lipinski definition) is 0. The maximum absolute atomic E-state index is 13.3. The van der Waals surface area contributed by atoms with Crippen LogP contribution in [0.2, 0.25) is 0 Å². The van der Waals surface area contributed by atoms with Gasteiger partial charge in [-0.15, -0.1) is 0 Å². The number of rotatable bonds is 3. The van der Waals surface area contributed by atoms with Crippen molar-refractivity contribution in [1.29, 1.82) is 0 Å². The lowest BCUT2D eigenvalue weighted by atomic mass is 10.2. The zero-order valence-corrected chi connectivity index (χ0v) is 17.0. The number of aromatic nitrogens is 1. The van der Waals surface area contributed by atoms with Crippen molar-refractivity contribution >= 4 is 38.5 Å². The molecule has 9 heteroatoms. The molecular weight excluding hydrogens is 390 g/mol. The normalized spacial score (nSPS) is 20.0. The first kappa shape index (κ1) is 18.3. The van der Waals surface area contributed by atoms with Crippen molar-refractivity contribution < 1.29 is 12.8 Å². The highest BCUT2D eigenvalue weighted by atomic mass is 32.2. The third-order valence-corrected chi connectivity index (χ3v) is 7.45. The van der Waals surface area contributed by atoms with Gasteiger partial charge in [-0.05, 0) is 31.3 Å². The first-order valence-electron chi connectivity index (χ1n) is 9.71. The number of anilines is 3. The molecule has 0 amide bonds. The third-order valence-electron chi connectivity index (χ3n) is 5.57. The Kier molecular flexibility index (Phi) is 4.36. The standard InChI is InChI=1S/C20H23N5O3S/c1-22-8-10-23(11-9-22)20-19-16(7-14-28-19)15-18(21-20)25-13-12-24(29(25,26)27)17-5-3-2-4-6-17/h2-7,14-15H,8-13H2,1H3. The van der Waals surface area contributed by atoms with Crippen LogP contribution in [0.4, 0.5) is 17.3 Å². The van der Waals surface area contributed by atoms with Crippen LogP contribution in [0.3, 0.4) is 0 Å². The monoisotopic (exact) mass is 413 g/mol. The van der Waals surface area contributed by atoms with Gasteiger partial charge in [0.25, 0.3) is 0 Å². The summed E-state index contributed by atoms with van der Waals surface area (Å²) < 4.78 is 35.1. The summed E-state index contributed by atoms with van der Waals surface area (Å²) in [6.07, 6.45) is 1.63. The van der Waals surface area contributed by atoms with Crippen molar-refractivity contribution in [2.45, 2.75) is 0 Å². The fourth-order valence-corrected chi connectivity index (χ4v) is 5.51. The maximum Gasteiger partial charge on any atom is 0.327 e. The van der Waals surface area contributed by atoms with Crippen LogP contribution >= 0.6 is 0 Å². The van der Waals surface area contributed by atoms with Gasteiger partial charge in [0.1, 0.15) is 5.82 Å². The number of likely N-dealkylation sites (N-methyl/N-ethyl adjacent to an activating group) is 1. The van der Waals surface area contributed by atoms with Gasteiger partial charge in [-0.2, -0.15) is 8.42 Å². The third kappa shape index (κ3) is 3.10. The molecule has 2 fully saturated rings. The molecule has 0 unspecified atom stereocenters. The second-order valence-electron chi connectivity index (χ2n) is 7.42. The van der Waals surface area contributed by atoms with E-state index < -0.39 is 10.2 Å². The van der Waals surface area contributed by atoms with Crippen molar-refractivity contribution in [3.05, 3.63) is 48.7 Å². The summed E-state index contributed by atoms with van der Waals surface area (Å²) in [5, 5.41) is 0.859. The van der Waals surface area contributed by atoms with Gasteiger partial charge in [0.05, 0.1) is 25.0 Å². The average Bonchev–Trinajstić information content (AvgIpc) is 3.32. The van der Waals surface area contributed by atoms with E-state index in [9.17, 15) is 8.42 Å². The van der Waals surface area contributed by atoms with Crippen LogP contribution in [0.5, 0.6) is 0 Å². The van der Waals surface area contributed by atoms with Crippen LogP contribution in [0.25, 0.3) is 11.0 Å². The van der Waals surface area contributed by atoms with Gasteiger partial charge in [0.2, 0.25) is 0 Å². The molecule has 0 bridgehead atoms. The molecule has 3 aromatic rings. The molecule has 8 nitrogen and oxygen atoms in total. The molecule has 2 saturated heterocycles. The Labute approximate surface area is 170 Å². The minimum absolute atomic E-state index is 0.357. The van der Waals surface area contributed by atoms with E-state index in [1.807, 2.05) is 36.4 Å². The second-order valence-corrected chi connectivity index (χ2v) is 9.20. The fourth-order valence-electron chi connectivity index (χ4n) is 3.93. The minimum atomic E-state index is -3.70. The summed E-state index contributed by atoms with van der Waals surface area (Å²) >= 11 is 0. The fraction of sp³-hybridized carbons (Fsp3) is 0.350. The van der Waals surface area contributed by atoms with Gasteiger partial charge in [0.15, 0.2) is 11.4 Å². The molecule has 2 aliphatic rings.